The van der Waals surface area contributed by atoms with E-state index >= 15 is 0 Å². The molecule has 2 N–H and O–H groups in total. The Hall–Kier alpha value is -2.14. The summed E-state index contributed by atoms with van der Waals surface area (Å²) in [5, 5.41) is 3.15. The molecule has 1 saturated heterocycles. The molecule has 25 heavy (non-hydrogen) atoms. The van der Waals surface area contributed by atoms with Crippen molar-refractivity contribution in [3.63, 3.8) is 0 Å². The predicted molar refractivity (Wildman–Crippen MR) is 99.5 cm³/mol. The number of hydrogen-bond acceptors (Lipinski definition) is 3. The molecule has 0 bridgehead atoms. The van der Waals surface area contributed by atoms with E-state index < -0.39 is 0 Å². The minimum absolute atomic E-state index is 0.0534. The number of carbonyl (C=O) groups is 1. The van der Waals surface area contributed by atoms with Crippen LogP contribution in [0.3, 0.4) is 0 Å². The van der Waals surface area contributed by atoms with E-state index in [1.54, 1.807) is 6.33 Å². The average molecular weight is 340 g/mol. The van der Waals surface area contributed by atoms with E-state index in [-0.39, 0.29) is 5.91 Å². The van der Waals surface area contributed by atoms with Gasteiger partial charge in [0.1, 0.15) is 0 Å². The summed E-state index contributed by atoms with van der Waals surface area (Å²) in [5.41, 5.74) is 4.19. The van der Waals surface area contributed by atoms with Crippen LogP contribution in [0.15, 0.2) is 30.6 Å². The van der Waals surface area contributed by atoms with Crippen molar-refractivity contribution < 1.29 is 4.79 Å². The van der Waals surface area contributed by atoms with Gasteiger partial charge in [0.25, 0.3) is 5.91 Å². The fourth-order valence-electron chi connectivity index (χ4n) is 3.60. The lowest BCUT2D eigenvalue weighted by Gasteiger charge is -2.32. The molecule has 0 saturated carbocycles. The molecule has 5 nitrogen and oxygen atoms in total. The van der Waals surface area contributed by atoms with Gasteiger partial charge >= 0.3 is 0 Å². The van der Waals surface area contributed by atoms with Gasteiger partial charge in [-0.3, -0.25) is 9.69 Å². The van der Waals surface area contributed by atoms with Crippen molar-refractivity contribution in [1.82, 2.24) is 20.2 Å². The first-order valence-electron chi connectivity index (χ1n) is 9.24. The second kappa shape index (κ2) is 8.30. The molecule has 1 aromatic heterocycles. The smallest absolute Gasteiger partial charge is 0.251 e. The van der Waals surface area contributed by atoms with Crippen molar-refractivity contribution in [2.45, 2.75) is 39.7 Å². The second-order valence-corrected chi connectivity index (χ2v) is 6.94. The summed E-state index contributed by atoms with van der Waals surface area (Å²) in [7, 11) is 0. The fourth-order valence-corrected chi connectivity index (χ4v) is 3.60. The van der Waals surface area contributed by atoms with Crippen molar-refractivity contribution in [1.29, 1.82) is 0 Å². The number of aromatic amines is 1. The van der Waals surface area contributed by atoms with Crippen LogP contribution in [0.2, 0.25) is 0 Å². The van der Waals surface area contributed by atoms with Crippen LogP contribution in [0.25, 0.3) is 0 Å². The van der Waals surface area contributed by atoms with E-state index in [9.17, 15) is 4.79 Å². The molecule has 0 unspecified atom stereocenters. The van der Waals surface area contributed by atoms with Gasteiger partial charge in [-0.1, -0.05) is 25.1 Å². The van der Waals surface area contributed by atoms with Crippen LogP contribution in [0, 0.1) is 12.8 Å². The third kappa shape index (κ3) is 4.48. The molecule has 1 amide bonds. The Balaban J connectivity index is 1.52. The standard InChI is InChI=1S/C20H28N4O/c1-3-17-8-4-5-9-18(17)20(25)21-11-16-7-6-10-24(12-16)13-19-15(2)22-14-23-19/h4-5,8-9,14,16H,3,6-7,10-13H2,1-2H3,(H,21,25)(H,22,23)/t16-/m1/s1. The van der Waals surface area contributed by atoms with Crippen molar-refractivity contribution >= 4 is 5.91 Å². The largest absolute Gasteiger partial charge is 0.352 e. The van der Waals surface area contributed by atoms with Crippen LogP contribution in [0.4, 0.5) is 0 Å². The Bertz CT molecular complexity index is 709. The first-order valence-corrected chi connectivity index (χ1v) is 9.24. The van der Waals surface area contributed by atoms with Crippen LogP contribution in [-0.2, 0) is 13.0 Å². The number of rotatable bonds is 6. The van der Waals surface area contributed by atoms with Crippen molar-refractivity contribution in [2.24, 2.45) is 5.92 Å². The first-order chi connectivity index (χ1) is 12.2. The zero-order valence-electron chi connectivity index (χ0n) is 15.2. The first kappa shape index (κ1) is 17.7. The lowest BCUT2D eigenvalue weighted by Crippen LogP contribution is -2.40. The van der Waals surface area contributed by atoms with E-state index in [0.29, 0.717) is 5.92 Å². The Morgan fingerprint density at radius 1 is 1.40 bits per heavy atom. The quantitative estimate of drug-likeness (QED) is 0.850. The number of hydrogen-bond donors (Lipinski definition) is 2. The van der Waals surface area contributed by atoms with E-state index in [1.807, 2.05) is 24.3 Å². The van der Waals surface area contributed by atoms with Gasteiger partial charge in [0.05, 0.1) is 12.0 Å². The number of piperidine rings is 1. The fraction of sp³-hybridized carbons (Fsp3) is 0.500. The Morgan fingerprint density at radius 3 is 3.00 bits per heavy atom. The Morgan fingerprint density at radius 2 is 2.24 bits per heavy atom. The van der Waals surface area contributed by atoms with Crippen LogP contribution in [-0.4, -0.2) is 40.4 Å². The summed E-state index contributed by atoms with van der Waals surface area (Å²) >= 11 is 0. The summed E-state index contributed by atoms with van der Waals surface area (Å²) in [6.45, 7) is 7.90. The minimum atomic E-state index is 0.0534. The number of carbonyl (C=O) groups excluding carboxylic acids is 1. The van der Waals surface area contributed by atoms with E-state index in [2.05, 4.69) is 34.0 Å². The molecule has 134 valence electrons. The van der Waals surface area contributed by atoms with E-state index in [1.165, 1.54) is 12.8 Å². The van der Waals surface area contributed by atoms with Crippen molar-refractivity contribution in [2.75, 3.05) is 19.6 Å². The number of amides is 1. The summed E-state index contributed by atoms with van der Waals surface area (Å²) in [5.74, 6) is 0.559. The number of H-pyrrole nitrogens is 1. The molecular weight excluding hydrogens is 312 g/mol. The number of benzene rings is 1. The van der Waals surface area contributed by atoms with Crippen molar-refractivity contribution in [3.05, 3.63) is 53.1 Å². The van der Waals surface area contributed by atoms with Gasteiger partial charge in [-0.15, -0.1) is 0 Å². The Kier molecular flexibility index (Phi) is 5.87. The SMILES string of the molecule is CCc1ccccc1C(=O)NC[C@H]1CCCN(Cc2nc[nH]c2C)C1. The van der Waals surface area contributed by atoms with Gasteiger partial charge in [-0.25, -0.2) is 4.98 Å². The number of nitrogens with zero attached hydrogens (tertiary/aromatic N) is 2. The number of aromatic nitrogens is 2. The lowest BCUT2D eigenvalue weighted by molar-refractivity contribution is 0.0929. The molecule has 1 atom stereocenters. The highest BCUT2D eigenvalue weighted by Crippen LogP contribution is 2.18. The van der Waals surface area contributed by atoms with Gasteiger partial charge in [-0.2, -0.15) is 0 Å². The average Bonchev–Trinajstić information content (AvgIpc) is 3.04. The van der Waals surface area contributed by atoms with Crippen LogP contribution < -0.4 is 5.32 Å². The third-order valence-electron chi connectivity index (χ3n) is 5.10. The maximum atomic E-state index is 12.5. The summed E-state index contributed by atoms with van der Waals surface area (Å²) in [6.07, 6.45) is 4.99. The summed E-state index contributed by atoms with van der Waals surface area (Å²) < 4.78 is 0. The molecule has 5 heteroatoms. The van der Waals surface area contributed by atoms with Gasteiger partial charge < -0.3 is 10.3 Å². The predicted octanol–water partition coefficient (Wildman–Crippen LogP) is 2.92. The number of nitrogens with one attached hydrogen (secondary N) is 2. The summed E-state index contributed by atoms with van der Waals surface area (Å²) in [4.78, 5) is 22.5. The molecule has 1 aliphatic heterocycles. The monoisotopic (exact) mass is 340 g/mol. The molecule has 0 aliphatic carbocycles. The topological polar surface area (TPSA) is 61.0 Å². The number of likely N-dealkylation sites (tertiary alicyclic amines) is 1. The zero-order chi connectivity index (χ0) is 17.6. The second-order valence-electron chi connectivity index (χ2n) is 6.94. The normalized spacial score (nSPS) is 18.2. The molecular formula is C20H28N4O. The highest BCUT2D eigenvalue weighted by Gasteiger charge is 2.22. The molecule has 1 aromatic carbocycles. The molecule has 1 aliphatic rings. The number of imidazole rings is 1. The highest BCUT2D eigenvalue weighted by atomic mass is 16.1. The van der Waals surface area contributed by atoms with Crippen molar-refractivity contribution in [3.8, 4) is 0 Å². The molecule has 2 heterocycles. The van der Waals surface area contributed by atoms with Gasteiger partial charge in [-0.05, 0) is 50.3 Å². The molecule has 1 fully saturated rings. The molecule has 3 rings (SSSR count). The lowest BCUT2D eigenvalue weighted by atomic mass is 9.97. The summed E-state index contributed by atoms with van der Waals surface area (Å²) in [6, 6.07) is 7.87. The molecule has 0 spiro atoms. The maximum absolute atomic E-state index is 12.5. The number of aryl methyl sites for hydroxylation is 2. The van der Waals surface area contributed by atoms with E-state index in [0.717, 1.165) is 55.1 Å². The maximum Gasteiger partial charge on any atom is 0.251 e. The van der Waals surface area contributed by atoms with Crippen LogP contribution in [0.5, 0.6) is 0 Å². The Labute approximate surface area is 149 Å². The third-order valence-corrected chi connectivity index (χ3v) is 5.10. The van der Waals surface area contributed by atoms with Crippen LogP contribution in [0.1, 0.15) is 47.1 Å². The van der Waals surface area contributed by atoms with Crippen LogP contribution >= 0.6 is 0 Å². The van der Waals surface area contributed by atoms with Gasteiger partial charge in [0.15, 0.2) is 0 Å². The molecule has 2 aromatic rings. The highest BCUT2D eigenvalue weighted by molar-refractivity contribution is 5.95. The van der Waals surface area contributed by atoms with Gasteiger partial charge in [0, 0.05) is 30.9 Å². The molecule has 0 radical (unpaired) electrons. The zero-order valence-corrected chi connectivity index (χ0v) is 15.2. The van der Waals surface area contributed by atoms with Gasteiger partial charge in [0.2, 0.25) is 0 Å². The van der Waals surface area contributed by atoms with E-state index in [4.69, 9.17) is 0 Å². The minimum Gasteiger partial charge on any atom is -0.352 e.